The predicted molar refractivity (Wildman–Crippen MR) is 66.3 cm³/mol. The van der Waals surface area contributed by atoms with Gasteiger partial charge in [0, 0.05) is 17.5 Å². The summed E-state index contributed by atoms with van der Waals surface area (Å²) in [7, 11) is 0. The van der Waals surface area contributed by atoms with Gasteiger partial charge in [-0.3, -0.25) is 4.79 Å². The van der Waals surface area contributed by atoms with Crippen LogP contribution in [0, 0.1) is 11.7 Å². The van der Waals surface area contributed by atoms with Crippen LogP contribution in [0.5, 0.6) is 0 Å². The summed E-state index contributed by atoms with van der Waals surface area (Å²) >= 11 is 3.22. The molecular formula is C13H14BrFO2. The van der Waals surface area contributed by atoms with Crippen LogP contribution < -0.4 is 0 Å². The maximum Gasteiger partial charge on any atom is 0.166 e. The molecule has 0 bridgehead atoms. The molecule has 0 saturated carbocycles. The van der Waals surface area contributed by atoms with Gasteiger partial charge >= 0.3 is 0 Å². The highest BCUT2D eigenvalue weighted by Gasteiger charge is 2.30. The van der Waals surface area contributed by atoms with Crippen molar-refractivity contribution in [1.29, 1.82) is 0 Å². The summed E-state index contributed by atoms with van der Waals surface area (Å²) < 4.78 is 19.2. The van der Waals surface area contributed by atoms with Crippen molar-refractivity contribution in [2.75, 3.05) is 6.61 Å². The number of carbonyl (C=O) groups excluding carboxylic acids is 1. The first-order valence-corrected chi connectivity index (χ1v) is 6.45. The monoisotopic (exact) mass is 300 g/mol. The first kappa shape index (κ1) is 12.7. The van der Waals surface area contributed by atoms with E-state index >= 15 is 0 Å². The van der Waals surface area contributed by atoms with Crippen molar-refractivity contribution in [3.8, 4) is 0 Å². The Kier molecular flexibility index (Phi) is 3.94. The first-order chi connectivity index (χ1) is 8.06. The van der Waals surface area contributed by atoms with Crippen LogP contribution >= 0.6 is 15.9 Å². The highest BCUT2D eigenvalue weighted by atomic mass is 79.9. The van der Waals surface area contributed by atoms with Crippen LogP contribution in [0.15, 0.2) is 22.7 Å². The molecule has 0 radical (unpaired) electrons. The van der Waals surface area contributed by atoms with E-state index in [0.29, 0.717) is 16.6 Å². The third kappa shape index (κ3) is 3.13. The zero-order valence-corrected chi connectivity index (χ0v) is 11.2. The molecule has 1 aromatic carbocycles. The summed E-state index contributed by atoms with van der Waals surface area (Å²) in [6, 6.07) is 4.53. The SMILES string of the molecule is CC1CCOC1C(=O)Cc1cc(F)cc(Br)c1. The van der Waals surface area contributed by atoms with Gasteiger partial charge in [0.1, 0.15) is 11.9 Å². The summed E-state index contributed by atoms with van der Waals surface area (Å²) in [5.74, 6) is -0.0328. The molecule has 2 nitrogen and oxygen atoms in total. The molecule has 92 valence electrons. The zero-order valence-electron chi connectivity index (χ0n) is 9.58. The predicted octanol–water partition coefficient (Wildman–Crippen LogP) is 3.12. The van der Waals surface area contributed by atoms with Crippen molar-refractivity contribution in [3.05, 3.63) is 34.1 Å². The van der Waals surface area contributed by atoms with Crippen LogP contribution in [0.1, 0.15) is 18.9 Å². The van der Waals surface area contributed by atoms with Crippen molar-refractivity contribution in [3.63, 3.8) is 0 Å². The summed E-state index contributed by atoms with van der Waals surface area (Å²) in [5.41, 5.74) is 0.685. The summed E-state index contributed by atoms with van der Waals surface area (Å²) in [5, 5.41) is 0. The summed E-state index contributed by atoms with van der Waals surface area (Å²) in [6.45, 7) is 2.65. The normalized spacial score (nSPS) is 23.9. The van der Waals surface area contributed by atoms with Gasteiger partial charge in [0.25, 0.3) is 0 Å². The van der Waals surface area contributed by atoms with Crippen LogP contribution in [-0.2, 0) is 16.0 Å². The number of ether oxygens (including phenoxy) is 1. The molecule has 1 aliphatic rings. The van der Waals surface area contributed by atoms with E-state index in [4.69, 9.17) is 4.74 Å². The lowest BCUT2D eigenvalue weighted by Gasteiger charge is -2.13. The Balaban J connectivity index is 2.07. The molecular weight excluding hydrogens is 287 g/mol. The molecule has 1 aromatic rings. The Hall–Kier alpha value is -0.740. The minimum atomic E-state index is -0.331. The van der Waals surface area contributed by atoms with Gasteiger partial charge in [-0.1, -0.05) is 22.9 Å². The third-order valence-corrected chi connectivity index (χ3v) is 3.46. The molecule has 1 fully saturated rings. The molecule has 0 aromatic heterocycles. The van der Waals surface area contributed by atoms with Crippen LogP contribution in [0.25, 0.3) is 0 Å². The van der Waals surface area contributed by atoms with Gasteiger partial charge in [-0.05, 0) is 36.1 Å². The van der Waals surface area contributed by atoms with Gasteiger partial charge in [-0.2, -0.15) is 0 Å². The first-order valence-electron chi connectivity index (χ1n) is 5.65. The molecule has 1 aliphatic heterocycles. The number of benzene rings is 1. The highest BCUT2D eigenvalue weighted by molar-refractivity contribution is 9.10. The van der Waals surface area contributed by atoms with Crippen molar-refractivity contribution >= 4 is 21.7 Å². The fourth-order valence-corrected chi connectivity index (χ4v) is 2.63. The van der Waals surface area contributed by atoms with Crippen molar-refractivity contribution in [2.24, 2.45) is 5.92 Å². The van der Waals surface area contributed by atoms with E-state index in [1.165, 1.54) is 12.1 Å². The summed E-state index contributed by atoms with van der Waals surface area (Å²) in [4.78, 5) is 12.0. The van der Waals surface area contributed by atoms with Gasteiger partial charge in [0.05, 0.1) is 0 Å². The van der Waals surface area contributed by atoms with Crippen LogP contribution in [0.2, 0.25) is 0 Å². The van der Waals surface area contributed by atoms with Crippen LogP contribution in [0.4, 0.5) is 4.39 Å². The van der Waals surface area contributed by atoms with Crippen molar-refractivity contribution in [2.45, 2.75) is 25.9 Å². The number of Topliss-reactive ketones (excluding diaryl/α,β-unsaturated/α-hetero) is 1. The van der Waals surface area contributed by atoms with Gasteiger partial charge in [0.2, 0.25) is 0 Å². The van der Waals surface area contributed by atoms with Crippen molar-refractivity contribution in [1.82, 2.24) is 0 Å². The van der Waals surface area contributed by atoms with E-state index in [1.54, 1.807) is 6.07 Å². The minimum Gasteiger partial charge on any atom is -0.370 e. The number of hydrogen-bond acceptors (Lipinski definition) is 2. The second kappa shape index (κ2) is 5.27. The average molecular weight is 301 g/mol. The van der Waals surface area contributed by atoms with Crippen LogP contribution in [0.3, 0.4) is 0 Å². The Labute approximate surface area is 108 Å². The lowest BCUT2D eigenvalue weighted by Crippen LogP contribution is -2.26. The minimum absolute atomic E-state index is 0.0347. The molecule has 4 heteroatoms. The smallest absolute Gasteiger partial charge is 0.166 e. The molecule has 1 heterocycles. The highest BCUT2D eigenvalue weighted by Crippen LogP contribution is 2.23. The Bertz CT molecular complexity index is 413. The fraction of sp³-hybridized carbons (Fsp3) is 0.462. The summed E-state index contributed by atoms with van der Waals surface area (Å²) in [6.07, 6.45) is 0.825. The van der Waals surface area contributed by atoms with Crippen molar-refractivity contribution < 1.29 is 13.9 Å². The zero-order chi connectivity index (χ0) is 12.4. The van der Waals surface area contributed by atoms with E-state index in [0.717, 1.165) is 6.42 Å². The fourth-order valence-electron chi connectivity index (χ4n) is 2.12. The molecule has 0 spiro atoms. The maximum absolute atomic E-state index is 13.2. The second-order valence-electron chi connectivity index (χ2n) is 4.48. The standard InChI is InChI=1S/C13H14BrFO2/c1-8-2-3-17-13(8)12(16)6-9-4-10(14)7-11(15)5-9/h4-5,7-8,13H,2-3,6H2,1H3. The van der Waals surface area contributed by atoms with Gasteiger partial charge in [-0.25, -0.2) is 4.39 Å². The number of rotatable bonds is 3. The molecule has 2 unspecified atom stereocenters. The van der Waals surface area contributed by atoms with Crippen LogP contribution in [-0.4, -0.2) is 18.5 Å². The van der Waals surface area contributed by atoms with E-state index < -0.39 is 0 Å². The largest absolute Gasteiger partial charge is 0.370 e. The van der Waals surface area contributed by atoms with E-state index in [1.807, 2.05) is 6.92 Å². The molecule has 1 saturated heterocycles. The molecule has 0 N–H and O–H groups in total. The molecule has 17 heavy (non-hydrogen) atoms. The number of halogens is 2. The second-order valence-corrected chi connectivity index (χ2v) is 5.39. The number of ketones is 1. The quantitative estimate of drug-likeness (QED) is 0.857. The average Bonchev–Trinajstić information content (AvgIpc) is 2.62. The van der Waals surface area contributed by atoms with Gasteiger partial charge in [0.15, 0.2) is 5.78 Å². The maximum atomic E-state index is 13.2. The number of hydrogen-bond donors (Lipinski definition) is 0. The van der Waals surface area contributed by atoms with E-state index in [9.17, 15) is 9.18 Å². The molecule has 2 atom stereocenters. The lowest BCUT2D eigenvalue weighted by atomic mass is 9.96. The molecule has 0 aliphatic carbocycles. The Morgan fingerprint density at radius 2 is 2.29 bits per heavy atom. The lowest BCUT2D eigenvalue weighted by molar-refractivity contribution is -0.128. The Morgan fingerprint density at radius 3 is 2.88 bits per heavy atom. The van der Waals surface area contributed by atoms with Gasteiger partial charge < -0.3 is 4.74 Å². The van der Waals surface area contributed by atoms with E-state index in [-0.39, 0.29) is 30.0 Å². The third-order valence-electron chi connectivity index (χ3n) is 3.01. The van der Waals surface area contributed by atoms with E-state index in [2.05, 4.69) is 15.9 Å². The molecule has 2 rings (SSSR count). The van der Waals surface area contributed by atoms with Gasteiger partial charge in [-0.15, -0.1) is 0 Å². The Morgan fingerprint density at radius 1 is 1.53 bits per heavy atom. The molecule has 0 amide bonds. The topological polar surface area (TPSA) is 26.3 Å². The number of carbonyl (C=O) groups is 1.